The summed E-state index contributed by atoms with van der Waals surface area (Å²) in [4.78, 5) is 0. The van der Waals surface area contributed by atoms with Crippen molar-refractivity contribution in [3.63, 3.8) is 0 Å². The average Bonchev–Trinajstić information content (AvgIpc) is 1.90. The maximum atomic E-state index is 4.76. The van der Waals surface area contributed by atoms with Crippen molar-refractivity contribution in [3.8, 4) is 0 Å². The van der Waals surface area contributed by atoms with Gasteiger partial charge in [-0.25, -0.2) is 0 Å². The van der Waals surface area contributed by atoms with Crippen molar-refractivity contribution < 1.29 is 4.74 Å². The van der Waals surface area contributed by atoms with Crippen molar-refractivity contribution in [2.24, 2.45) is 5.92 Å². The van der Waals surface area contributed by atoms with Gasteiger partial charge < -0.3 is 4.74 Å². The van der Waals surface area contributed by atoms with Crippen LogP contribution in [0.15, 0.2) is 25.3 Å². The van der Waals surface area contributed by atoms with Gasteiger partial charge in [-0.05, 0) is 12.8 Å². The summed E-state index contributed by atoms with van der Waals surface area (Å²) < 4.78 is 4.76. The fourth-order valence-electron chi connectivity index (χ4n) is 0.761. The van der Waals surface area contributed by atoms with Crippen LogP contribution in [0.1, 0.15) is 12.8 Å². The maximum absolute atomic E-state index is 4.76. The minimum Gasteiger partial charge on any atom is -0.372 e. The molecule has 0 aromatic heterocycles. The first-order valence-electron chi connectivity index (χ1n) is 3.35. The van der Waals surface area contributed by atoms with E-state index >= 15 is 0 Å². The highest BCUT2D eigenvalue weighted by Crippen LogP contribution is 2.12. The quantitative estimate of drug-likeness (QED) is 0.512. The van der Waals surface area contributed by atoms with E-state index in [-0.39, 0.29) is 0 Å². The second-order valence-electron chi connectivity index (χ2n) is 2.07. The summed E-state index contributed by atoms with van der Waals surface area (Å²) in [7, 11) is 1.61. The van der Waals surface area contributed by atoms with Gasteiger partial charge >= 0.3 is 0 Å². The van der Waals surface area contributed by atoms with Crippen molar-refractivity contribution in [1.29, 1.82) is 0 Å². The highest BCUT2D eigenvalue weighted by Gasteiger charge is 2.04. The Kier molecular flexibility index (Phi) is 6.19. The van der Waals surface area contributed by atoms with Crippen LogP contribution in [0.25, 0.3) is 0 Å². The number of ether oxygens (including phenoxy) is 1. The van der Waals surface area contributed by atoms with E-state index in [9.17, 15) is 0 Å². The first kappa shape index (κ1) is 9.44. The molecular formula is C9H14O. The summed E-state index contributed by atoms with van der Waals surface area (Å²) in [5.74, 6) is 0.319. The van der Waals surface area contributed by atoms with Crippen LogP contribution >= 0.6 is 0 Å². The molecule has 1 heteroatoms. The second kappa shape index (κ2) is 6.56. The van der Waals surface area contributed by atoms with E-state index in [2.05, 4.69) is 19.8 Å². The molecule has 0 aliphatic rings. The van der Waals surface area contributed by atoms with E-state index < -0.39 is 0 Å². The molecule has 0 spiro atoms. The van der Waals surface area contributed by atoms with Gasteiger partial charge in [0, 0.05) is 13.0 Å². The van der Waals surface area contributed by atoms with Crippen molar-refractivity contribution in [2.75, 3.05) is 7.11 Å². The molecule has 0 aliphatic carbocycles. The van der Waals surface area contributed by atoms with Crippen LogP contribution in [-0.2, 0) is 4.74 Å². The number of rotatable bonds is 6. The fraction of sp³-hybridized carbons (Fsp3) is 0.444. The van der Waals surface area contributed by atoms with Crippen LogP contribution in [-0.4, -0.2) is 7.11 Å². The molecule has 0 atom stereocenters. The Labute approximate surface area is 63.4 Å². The number of allylic oxidation sites excluding steroid dienone is 2. The molecule has 2 radical (unpaired) electrons. The Morgan fingerprint density at radius 1 is 1.40 bits per heavy atom. The summed E-state index contributed by atoms with van der Waals surface area (Å²) in [6.45, 7) is 10.1. The van der Waals surface area contributed by atoms with Gasteiger partial charge in [-0.3, -0.25) is 0 Å². The molecule has 0 amide bonds. The molecule has 0 N–H and O–H groups in total. The van der Waals surface area contributed by atoms with Gasteiger partial charge in [0.1, 0.15) is 6.61 Å². The SMILES string of the molecule is C=CCC([C]OC)CC=C. The smallest absolute Gasteiger partial charge is 0.135 e. The zero-order valence-electron chi connectivity index (χ0n) is 6.47. The number of hydrogen-bond acceptors (Lipinski definition) is 1. The van der Waals surface area contributed by atoms with Crippen LogP contribution in [0.3, 0.4) is 0 Å². The molecule has 1 nitrogen and oxygen atoms in total. The molecule has 0 bridgehead atoms. The molecule has 0 fully saturated rings. The Balaban J connectivity index is 3.48. The summed E-state index contributed by atoms with van der Waals surface area (Å²) in [6.07, 6.45) is 5.53. The highest BCUT2D eigenvalue weighted by molar-refractivity contribution is 4.83. The zero-order chi connectivity index (χ0) is 7.82. The van der Waals surface area contributed by atoms with E-state index in [0.29, 0.717) is 5.92 Å². The molecule has 0 saturated heterocycles. The maximum Gasteiger partial charge on any atom is 0.135 e. The topological polar surface area (TPSA) is 9.23 Å². The molecule has 0 rings (SSSR count). The van der Waals surface area contributed by atoms with Crippen LogP contribution in [0.4, 0.5) is 0 Å². The van der Waals surface area contributed by atoms with E-state index in [1.807, 2.05) is 12.2 Å². The van der Waals surface area contributed by atoms with Gasteiger partial charge in [0.15, 0.2) is 0 Å². The van der Waals surface area contributed by atoms with Crippen LogP contribution in [0.2, 0.25) is 0 Å². The molecular weight excluding hydrogens is 124 g/mol. The van der Waals surface area contributed by atoms with Crippen LogP contribution in [0, 0.1) is 12.5 Å². The lowest BCUT2D eigenvalue weighted by molar-refractivity contribution is 0.229. The minimum absolute atomic E-state index is 0.319. The van der Waals surface area contributed by atoms with Crippen molar-refractivity contribution in [2.45, 2.75) is 12.8 Å². The summed E-state index contributed by atoms with van der Waals surface area (Å²) in [6, 6.07) is 0. The predicted molar refractivity (Wildman–Crippen MR) is 43.4 cm³/mol. The summed E-state index contributed by atoms with van der Waals surface area (Å²) >= 11 is 0. The monoisotopic (exact) mass is 138 g/mol. The van der Waals surface area contributed by atoms with Gasteiger partial charge in [0.05, 0.1) is 0 Å². The van der Waals surface area contributed by atoms with Gasteiger partial charge in [-0.1, -0.05) is 12.2 Å². The average molecular weight is 138 g/mol. The molecule has 10 heavy (non-hydrogen) atoms. The Hall–Kier alpha value is -0.560. The lowest BCUT2D eigenvalue weighted by atomic mass is 10.0. The van der Waals surface area contributed by atoms with E-state index in [0.717, 1.165) is 12.8 Å². The number of hydrogen-bond donors (Lipinski definition) is 0. The lowest BCUT2D eigenvalue weighted by Gasteiger charge is -2.07. The predicted octanol–water partition coefficient (Wildman–Crippen LogP) is 2.44. The Morgan fingerprint density at radius 2 is 1.90 bits per heavy atom. The van der Waals surface area contributed by atoms with E-state index in [4.69, 9.17) is 4.74 Å². The Bertz CT molecular complexity index is 86.9. The van der Waals surface area contributed by atoms with Gasteiger partial charge in [0.2, 0.25) is 0 Å². The Morgan fingerprint density at radius 3 is 2.20 bits per heavy atom. The van der Waals surface area contributed by atoms with E-state index in [1.165, 1.54) is 0 Å². The third-order valence-electron chi connectivity index (χ3n) is 1.19. The van der Waals surface area contributed by atoms with Crippen molar-refractivity contribution >= 4 is 0 Å². The van der Waals surface area contributed by atoms with E-state index in [1.54, 1.807) is 7.11 Å². The first-order chi connectivity index (χ1) is 4.85. The molecule has 0 unspecified atom stereocenters. The molecule has 0 aromatic rings. The normalized spacial score (nSPS) is 9.80. The van der Waals surface area contributed by atoms with Crippen molar-refractivity contribution in [3.05, 3.63) is 31.9 Å². The highest BCUT2D eigenvalue weighted by atomic mass is 16.5. The van der Waals surface area contributed by atoms with Gasteiger partial charge in [0.25, 0.3) is 0 Å². The lowest BCUT2D eigenvalue weighted by Crippen LogP contribution is -1.99. The second-order valence-corrected chi connectivity index (χ2v) is 2.07. The zero-order valence-corrected chi connectivity index (χ0v) is 6.47. The largest absolute Gasteiger partial charge is 0.372 e. The first-order valence-corrected chi connectivity index (χ1v) is 3.35. The van der Waals surface area contributed by atoms with Crippen molar-refractivity contribution in [1.82, 2.24) is 0 Å². The third kappa shape index (κ3) is 4.33. The van der Waals surface area contributed by atoms with Gasteiger partial charge in [-0.15, -0.1) is 13.2 Å². The fourth-order valence-corrected chi connectivity index (χ4v) is 0.761. The summed E-state index contributed by atoms with van der Waals surface area (Å²) in [5.41, 5.74) is 0. The molecule has 0 aliphatic heterocycles. The third-order valence-corrected chi connectivity index (χ3v) is 1.19. The van der Waals surface area contributed by atoms with Crippen LogP contribution in [0.5, 0.6) is 0 Å². The van der Waals surface area contributed by atoms with Gasteiger partial charge in [-0.2, -0.15) is 0 Å². The molecule has 0 saturated carbocycles. The summed E-state index contributed by atoms with van der Waals surface area (Å²) in [5, 5.41) is 0. The molecule has 56 valence electrons. The van der Waals surface area contributed by atoms with Crippen LogP contribution < -0.4 is 0 Å². The molecule has 0 aromatic carbocycles. The molecule has 0 heterocycles. The standard InChI is InChI=1S/C9H14O/c1-4-6-9(7-5-2)8-10-3/h4-5,9H,1-2,6-7H2,3H3. The minimum atomic E-state index is 0.319. The number of methoxy groups -OCH3 is 1.